The van der Waals surface area contributed by atoms with E-state index in [2.05, 4.69) is 15.2 Å². The van der Waals surface area contributed by atoms with Gasteiger partial charge in [0, 0.05) is 37.5 Å². The lowest BCUT2D eigenvalue weighted by Gasteiger charge is -2.20. The molecule has 1 amide bonds. The maximum absolute atomic E-state index is 12.3. The number of fused-ring (bicyclic) bond motifs is 1. The van der Waals surface area contributed by atoms with Crippen LogP contribution < -0.4 is 5.32 Å². The van der Waals surface area contributed by atoms with Crippen molar-refractivity contribution in [3.05, 3.63) is 16.6 Å². The van der Waals surface area contributed by atoms with Crippen LogP contribution in [0.3, 0.4) is 0 Å². The summed E-state index contributed by atoms with van der Waals surface area (Å²) in [7, 11) is 0. The van der Waals surface area contributed by atoms with Crippen molar-refractivity contribution in [2.24, 2.45) is 11.8 Å². The Kier molecular flexibility index (Phi) is 7.95. The van der Waals surface area contributed by atoms with E-state index in [0.29, 0.717) is 12.3 Å². The van der Waals surface area contributed by atoms with Gasteiger partial charge >= 0.3 is 0 Å². The number of hydrogen-bond acceptors (Lipinski definition) is 4. The predicted octanol–water partition coefficient (Wildman–Crippen LogP) is 2.38. The normalized spacial score (nSPS) is 24.5. The van der Waals surface area contributed by atoms with Crippen molar-refractivity contribution in [1.82, 2.24) is 15.2 Å². The summed E-state index contributed by atoms with van der Waals surface area (Å²) in [6, 6.07) is 0. The molecule has 0 aromatic carbocycles. The summed E-state index contributed by atoms with van der Waals surface area (Å²) in [4.78, 5) is 18.6. The van der Waals surface area contributed by atoms with E-state index in [0.717, 1.165) is 49.4 Å². The lowest BCUT2D eigenvalue weighted by atomic mass is 9.92. The van der Waals surface area contributed by atoms with Crippen molar-refractivity contribution < 1.29 is 4.79 Å². The van der Waals surface area contributed by atoms with Gasteiger partial charge in [-0.25, -0.2) is 4.98 Å². The van der Waals surface area contributed by atoms with Crippen LogP contribution >= 0.6 is 36.2 Å². The molecule has 7 heteroatoms. The van der Waals surface area contributed by atoms with Gasteiger partial charge in [0.25, 0.3) is 0 Å². The Bertz CT molecular complexity index is 416. The fourth-order valence-electron chi connectivity index (χ4n) is 3.22. The molecular weight excluding hydrogens is 329 g/mol. The summed E-state index contributed by atoms with van der Waals surface area (Å²) in [6.07, 6.45) is 5.55. The van der Waals surface area contributed by atoms with Gasteiger partial charge < -0.3 is 10.2 Å². The van der Waals surface area contributed by atoms with Crippen molar-refractivity contribution in [2.75, 3.05) is 26.2 Å². The van der Waals surface area contributed by atoms with Gasteiger partial charge in [-0.2, -0.15) is 0 Å². The minimum Gasteiger partial charge on any atom is -0.343 e. The highest BCUT2D eigenvalue weighted by Gasteiger charge is 2.31. The summed E-state index contributed by atoms with van der Waals surface area (Å²) >= 11 is 1.64. The summed E-state index contributed by atoms with van der Waals surface area (Å²) in [6.45, 7) is 4.18. The minimum atomic E-state index is 0. The first-order chi connectivity index (χ1) is 9.33. The number of aromatic nitrogens is 1. The predicted molar refractivity (Wildman–Crippen MR) is 90.6 cm³/mol. The van der Waals surface area contributed by atoms with Crippen molar-refractivity contribution in [3.63, 3.8) is 0 Å². The third kappa shape index (κ3) is 4.81. The summed E-state index contributed by atoms with van der Waals surface area (Å²) < 4.78 is 0. The van der Waals surface area contributed by atoms with E-state index in [1.165, 1.54) is 12.8 Å². The molecule has 120 valence electrons. The van der Waals surface area contributed by atoms with E-state index in [1.54, 1.807) is 11.3 Å². The minimum absolute atomic E-state index is 0. The number of nitrogens with one attached hydrogen (secondary N) is 1. The second kappa shape index (κ2) is 8.93. The Hall–Kier alpha value is -0.360. The maximum atomic E-state index is 12.3. The highest BCUT2D eigenvalue weighted by Crippen LogP contribution is 2.27. The van der Waals surface area contributed by atoms with Crippen molar-refractivity contribution >= 4 is 42.1 Å². The summed E-state index contributed by atoms with van der Waals surface area (Å²) in [5, 5.41) is 6.51. The van der Waals surface area contributed by atoms with E-state index in [4.69, 9.17) is 0 Å². The van der Waals surface area contributed by atoms with E-state index in [9.17, 15) is 4.79 Å². The van der Waals surface area contributed by atoms with E-state index < -0.39 is 0 Å². The van der Waals surface area contributed by atoms with Crippen LogP contribution in [0.4, 0.5) is 0 Å². The average molecular weight is 352 g/mol. The van der Waals surface area contributed by atoms with Crippen molar-refractivity contribution in [3.8, 4) is 0 Å². The van der Waals surface area contributed by atoms with Crippen LogP contribution in [-0.2, 0) is 11.2 Å². The summed E-state index contributed by atoms with van der Waals surface area (Å²) in [5.41, 5.74) is 0. The maximum Gasteiger partial charge on any atom is 0.222 e. The van der Waals surface area contributed by atoms with Crippen molar-refractivity contribution in [1.29, 1.82) is 0 Å². The Morgan fingerprint density at radius 2 is 1.95 bits per heavy atom. The molecule has 2 fully saturated rings. The number of amides is 1. The number of carbonyl (C=O) groups is 1. The van der Waals surface area contributed by atoms with Crippen LogP contribution in [0, 0.1) is 11.8 Å². The third-order valence-electron chi connectivity index (χ3n) is 4.41. The van der Waals surface area contributed by atoms with Crippen LogP contribution in [0.2, 0.25) is 0 Å². The zero-order chi connectivity index (χ0) is 13.1. The molecule has 0 spiro atoms. The SMILES string of the molecule is Cl.Cl.O=C(CCc1nccs1)N1CC[C@@H]2CNC[C@@H]2CC1. The molecule has 3 rings (SSSR count). The molecule has 0 bridgehead atoms. The first-order valence-corrected chi connectivity index (χ1v) is 8.08. The van der Waals surface area contributed by atoms with Gasteiger partial charge in [-0.1, -0.05) is 0 Å². The van der Waals surface area contributed by atoms with Gasteiger partial charge in [0.1, 0.15) is 0 Å². The molecule has 1 N–H and O–H groups in total. The molecule has 4 nitrogen and oxygen atoms in total. The molecule has 1 aromatic rings. The zero-order valence-electron chi connectivity index (χ0n) is 12.0. The van der Waals surface area contributed by atoms with Crippen LogP contribution in [0.1, 0.15) is 24.3 Å². The Labute approximate surface area is 142 Å². The number of aryl methyl sites for hydroxylation is 1. The van der Waals surface area contributed by atoms with Gasteiger partial charge in [0.05, 0.1) is 5.01 Å². The second-order valence-corrected chi connectivity index (χ2v) is 6.54. The molecule has 0 aliphatic carbocycles. The molecular formula is C14H23Cl2N3OS. The largest absolute Gasteiger partial charge is 0.343 e. The first-order valence-electron chi connectivity index (χ1n) is 7.20. The first kappa shape index (κ1) is 18.7. The topological polar surface area (TPSA) is 45.2 Å². The Morgan fingerprint density at radius 1 is 1.29 bits per heavy atom. The van der Waals surface area contributed by atoms with Crippen LogP contribution in [-0.4, -0.2) is 42.0 Å². The van der Waals surface area contributed by atoms with E-state index in [-0.39, 0.29) is 24.8 Å². The summed E-state index contributed by atoms with van der Waals surface area (Å²) in [5.74, 6) is 1.89. The number of nitrogens with zero attached hydrogens (tertiary/aromatic N) is 2. The van der Waals surface area contributed by atoms with Crippen LogP contribution in [0.25, 0.3) is 0 Å². The van der Waals surface area contributed by atoms with Crippen molar-refractivity contribution in [2.45, 2.75) is 25.7 Å². The highest BCUT2D eigenvalue weighted by atomic mass is 35.5. The molecule has 1 aromatic heterocycles. The molecule has 2 atom stereocenters. The molecule has 2 saturated heterocycles. The number of halogens is 2. The smallest absolute Gasteiger partial charge is 0.222 e. The fourth-order valence-corrected chi connectivity index (χ4v) is 3.84. The monoisotopic (exact) mass is 351 g/mol. The van der Waals surface area contributed by atoms with Crippen LogP contribution in [0.5, 0.6) is 0 Å². The molecule has 2 aliphatic rings. The standard InChI is InChI=1S/C14H21N3OS.2ClH/c18-14(2-1-13-16-5-8-19-13)17-6-3-11-9-15-10-12(11)4-7-17;;/h5,8,11-12,15H,1-4,6-7,9-10H2;2*1H/t11-,12+;;. The van der Waals surface area contributed by atoms with Crippen LogP contribution in [0.15, 0.2) is 11.6 Å². The average Bonchev–Trinajstić information content (AvgIpc) is 3.05. The fraction of sp³-hybridized carbons (Fsp3) is 0.714. The quantitative estimate of drug-likeness (QED) is 0.909. The number of likely N-dealkylation sites (tertiary alicyclic amines) is 1. The van der Waals surface area contributed by atoms with E-state index in [1.807, 2.05) is 11.6 Å². The van der Waals surface area contributed by atoms with Gasteiger partial charge in [-0.15, -0.1) is 36.2 Å². The van der Waals surface area contributed by atoms with Gasteiger partial charge in [-0.3, -0.25) is 4.79 Å². The van der Waals surface area contributed by atoms with Gasteiger partial charge in [0.2, 0.25) is 5.91 Å². The zero-order valence-corrected chi connectivity index (χ0v) is 14.4. The van der Waals surface area contributed by atoms with Gasteiger partial charge in [-0.05, 0) is 37.8 Å². The molecule has 3 heterocycles. The molecule has 2 aliphatic heterocycles. The molecule has 0 radical (unpaired) electrons. The molecule has 0 unspecified atom stereocenters. The number of hydrogen-bond donors (Lipinski definition) is 1. The number of thiazole rings is 1. The molecule has 0 saturated carbocycles. The molecule has 21 heavy (non-hydrogen) atoms. The van der Waals surface area contributed by atoms with E-state index >= 15 is 0 Å². The Balaban J connectivity index is 0.00000110. The number of carbonyl (C=O) groups excluding carboxylic acids is 1. The Morgan fingerprint density at radius 3 is 2.52 bits per heavy atom. The lowest BCUT2D eigenvalue weighted by Crippen LogP contribution is -2.32. The van der Waals surface area contributed by atoms with Gasteiger partial charge in [0.15, 0.2) is 0 Å². The highest BCUT2D eigenvalue weighted by molar-refractivity contribution is 7.09. The third-order valence-corrected chi connectivity index (χ3v) is 5.25. The number of rotatable bonds is 3. The lowest BCUT2D eigenvalue weighted by molar-refractivity contribution is -0.131. The second-order valence-electron chi connectivity index (χ2n) is 5.56.